The van der Waals surface area contributed by atoms with E-state index in [0.29, 0.717) is 11.9 Å². The molecule has 1 aromatic heterocycles. The van der Waals surface area contributed by atoms with Gasteiger partial charge in [0.05, 0.1) is 6.42 Å². The van der Waals surface area contributed by atoms with Crippen molar-refractivity contribution in [3.63, 3.8) is 0 Å². The fourth-order valence-corrected chi connectivity index (χ4v) is 3.85. The van der Waals surface area contributed by atoms with Gasteiger partial charge in [0, 0.05) is 32.2 Å². The molecule has 1 aliphatic heterocycles. The van der Waals surface area contributed by atoms with Gasteiger partial charge in [0.1, 0.15) is 0 Å². The maximum atomic E-state index is 12.4. The number of rotatable bonds is 3. The van der Waals surface area contributed by atoms with Crippen molar-refractivity contribution in [2.75, 3.05) is 26.2 Å². The van der Waals surface area contributed by atoms with Crippen LogP contribution in [0.5, 0.6) is 0 Å². The Hall–Kier alpha value is -3.02. The molecule has 0 unspecified atom stereocenters. The van der Waals surface area contributed by atoms with Gasteiger partial charge in [0.2, 0.25) is 5.91 Å². The van der Waals surface area contributed by atoms with Gasteiger partial charge < -0.3 is 10.0 Å². The summed E-state index contributed by atoms with van der Waals surface area (Å²) in [5.41, 5.74) is 2.97. The first kappa shape index (κ1) is 22.7. The third kappa shape index (κ3) is 6.23. The van der Waals surface area contributed by atoms with Gasteiger partial charge in [-0.05, 0) is 30.4 Å². The summed E-state index contributed by atoms with van der Waals surface area (Å²) in [5, 5.41) is 20.8. The van der Waals surface area contributed by atoms with Crippen LogP contribution in [0.25, 0.3) is 0 Å². The molecule has 0 atom stereocenters. The van der Waals surface area contributed by atoms with Gasteiger partial charge in [0.25, 0.3) is 0 Å². The number of H-pyrrole nitrogens is 1. The Morgan fingerprint density at radius 3 is 2.29 bits per heavy atom. The molecule has 0 bridgehead atoms. The van der Waals surface area contributed by atoms with E-state index in [9.17, 15) is 18.0 Å². The number of carboxylic acids is 1. The number of carbonyl (C=O) groups is 2. The van der Waals surface area contributed by atoms with E-state index < -0.39 is 12.1 Å². The lowest BCUT2D eigenvalue weighted by Gasteiger charge is -2.27. The number of fused-ring (bicyclic) bond motifs is 1. The van der Waals surface area contributed by atoms with Crippen molar-refractivity contribution in [1.29, 1.82) is 0 Å². The molecule has 2 aromatic rings. The van der Waals surface area contributed by atoms with E-state index in [1.807, 2.05) is 4.90 Å². The van der Waals surface area contributed by atoms with E-state index in [0.717, 1.165) is 45.4 Å². The maximum absolute atomic E-state index is 12.4. The lowest BCUT2D eigenvalue weighted by molar-refractivity contribution is -0.192. The van der Waals surface area contributed by atoms with Crippen molar-refractivity contribution in [3.8, 4) is 0 Å². The molecular weight excluding hydrogens is 417 g/mol. The molecule has 2 N–H and O–H groups in total. The van der Waals surface area contributed by atoms with Gasteiger partial charge in [-0.1, -0.05) is 29.5 Å². The standard InChI is InChI=1S/C17H22N6O.C2HF3O2/c24-17(12-16-18-20-21-19-16)23-7-3-6-22(8-9-23)15-10-13-4-1-2-5-14(13)11-15;3-2(4,5)1(6)7/h1-2,4-5,15H,3,6-12H2,(H,18,19,20,21);(H,6,7). The van der Waals surface area contributed by atoms with Crippen molar-refractivity contribution in [3.05, 3.63) is 41.2 Å². The molecule has 168 valence electrons. The van der Waals surface area contributed by atoms with Crippen LogP contribution in [0.15, 0.2) is 24.3 Å². The molecule has 2 heterocycles. The zero-order chi connectivity index (χ0) is 22.4. The molecule has 9 nitrogen and oxygen atoms in total. The number of hydrogen-bond donors (Lipinski definition) is 2. The number of carbonyl (C=O) groups excluding carboxylic acids is 1. The van der Waals surface area contributed by atoms with Crippen LogP contribution in [0.2, 0.25) is 0 Å². The predicted octanol–water partition coefficient (Wildman–Crippen LogP) is 1.08. The van der Waals surface area contributed by atoms with Crippen LogP contribution >= 0.6 is 0 Å². The number of aromatic amines is 1. The smallest absolute Gasteiger partial charge is 0.475 e. The lowest BCUT2D eigenvalue weighted by Crippen LogP contribution is -2.40. The predicted molar refractivity (Wildman–Crippen MR) is 102 cm³/mol. The van der Waals surface area contributed by atoms with Crippen LogP contribution in [0.1, 0.15) is 23.4 Å². The van der Waals surface area contributed by atoms with E-state index in [1.54, 1.807) is 0 Å². The highest BCUT2D eigenvalue weighted by atomic mass is 19.4. The number of benzene rings is 1. The van der Waals surface area contributed by atoms with Crippen molar-refractivity contribution < 1.29 is 27.9 Å². The summed E-state index contributed by atoms with van der Waals surface area (Å²) in [7, 11) is 0. The van der Waals surface area contributed by atoms with Crippen molar-refractivity contribution in [2.45, 2.75) is 37.9 Å². The Kier molecular flexibility index (Phi) is 7.21. The number of tetrazole rings is 1. The van der Waals surface area contributed by atoms with E-state index in [2.05, 4.69) is 49.8 Å². The molecule has 31 heavy (non-hydrogen) atoms. The lowest BCUT2D eigenvalue weighted by atomic mass is 10.1. The second-order valence-electron chi connectivity index (χ2n) is 7.41. The molecule has 1 aliphatic carbocycles. The minimum absolute atomic E-state index is 0.0907. The van der Waals surface area contributed by atoms with Gasteiger partial charge in [0.15, 0.2) is 5.82 Å². The van der Waals surface area contributed by atoms with Gasteiger partial charge in [-0.3, -0.25) is 9.69 Å². The molecular formula is C19H23F3N6O3. The number of nitrogens with zero attached hydrogens (tertiary/aromatic N) is 5. The molecule has 0 spiro atoms. The first-order valence-corrected chi connectivity index (χ1v) is 9.85. The first-order valence-electron chi connectivity index (χ1n) is 9.85. The molecule has 12 heteroatoms. The highest BCUT2D eigenvalue weighted by molar-refractivity contribution is 5.78. The Morgan fingerprint density at radius 1 is 1.10 bits per heavy atom. The zero-order valence-electron chi connectivity index (χ0n) is 16.7. The fourth-order valence-electron chi connectivity index (χ4n) is 3.85. The molecule has 2 aliphatic rings. The Morgan fingerprint density at radius 2 is 1.74 bits per heavy atom. The van der Waals surface area contributed by atoms with Crippen molar-refractivity contribution >= 4 is 11.9 Å². The highest BCUT2D eigenvalue weighted by Crippen LogP contribution is 2.26. The molecule has 0 saturated carbocycles. The normalized spacial score (nSPS) is 17.5. The van der Waals surface area contributed by atoms with Gasteiger partial charge in [-0.15, -0.1) is 10.2 Å². The highest BCUT2D eigenvalue weighted by Gasteiger charge is 2.38. The van der Waals surface area contributed by atoms with Crippen molar-refractivity contribution in [2.24, 2.45) is 0 Å². The van der Waals surface area contributed by atoms with Gasteiger partial charge in [-0.25, -0.2) is 4.79 Å². The molecule has 1 saturated heterocycles. The summed E-state index contributed by atoms with van der Waals surface area (Å²) in [6, 6.07) is 9.32. The minimum atomic E-state index is -5.08. The van der Waals surface area contributed by atoms with Crippen LogP contribution in [-0.4, -0.2) is 85.8 Å². The number of amides is 1. The quantitative estimate of drug-likeness (QED) is 0.734. The third-order valence-electron chi connectivity index (χ3n) is 5.37. The van der Waals surface area contributed by atoms with Gasteiger partial charge in [-0.2, -0.15) is 18.4 Å². The second kappa shape index (κ2) is 9.86. The Bertz CT molecular complexity index is 865. The average Bonchev–Trinajstić information content (AvgIpc) is 3.31. The average molecular weight is 440 g/mol. The zero-order valence-corrected chi connectivity index (χ0v) is 16.7. The summed E-state index contributed by atoms with van der Waals surface area (Å²) in [5.74, 6) is -2.20. The Labute approximate surface area is 176 Å². The first-order chi connectivity index (χ1) is 14.7. The van der Waals surface area contributed by atoms with E-state index in [-0.39, 0.29) is 12.3 Å². The van der Waals surface area contributed by atoms with Crippen LogP contribution in [0, 0.1) is 0 Å². The maximum Gasteiger partial charge on any atom is 0.490 e. The van der Waals surface area contributed by atoms with Gasteiger partial charge >= 0.3 is 12.1 Å². The topological polar surface area (TPSA) is 115 Å². The van der Waals surface area contributed by atoms with Crippen LogP contribution in [0.4, 0.5) is 13.2 Å². The number of aliphatic carboxylic acids is 1. The van der Waals surface area contributed by atoms with E-state index >= 15 is 0 Å². The molecule has 1 fully saturated rings. The minimum Gasteiger partial charge on any atom is -0.475 e. The Balaban J connectivity index is 0.000000339. The molecule has 0 radical (unpaired) electrons. The molecule has 1 amide bonds. The largest absolute Gasteiger partial charge is 0.490 e. The molecule has 4 rings (SSSR count). The number of hydrogen-bond acceptors (Lipinski definition) is 6. The number of carboxylic acid groups (broad SMARTS) is 1. The number of halogens is 3. The summed E-state index contributed by atoms with van der Waals surface area (Å²) in [6.45, 7) is 3.59. The summed E-state index contributed by atoms with van der Waals surface area (Å²) in [6.07, 6.45) is -1.57. The summed E-state index contributed by atoms with van der Waals surface area (Å²) < 4.78 is 31.7. The van der Waals surface area contributed by atoms with Crippen molar-refractivity contribution in [1.82, 2.24) is 30.4 Å². The van der Waals surface area contributed by atoms with Crippen LogP contribution in [0.3, 0.4) is 0 Å². The van der Waals surface area contributed by atoms with E-state index in [4.69, 9.17) is 9.90 Å². The second-order valence-corrected chi connectivity index (χ2v) is 7.41. The van der Waals surface area contributed by atoms with Crippen LogP contribution in [-0.2, 0) is 28.9 Å². The SMILES string of the molecule is O=C(Cc1nn[nH]n1)N1CCCN(C2Cc3ccccc3C2)CC1.O=C(O)C(F)(F)F. The summed E-state index contributed by atoms with van der Waals surface area (Å²) >= 11 is 0. The number of nitrogens with one attached hydrogen (secondary N) is 1. The van der Waals surface area contributed by atoms with E-state index in [1.165, 1.54) is 11.1 Å². The monoisotopic (exact) mass is 440 g/mol. The number of alkyl halides is 3. The summed E-state index contributed by atoms with van der Waals surface area (Å²) in [4.78, 5) is 25.8. The van der Waals surface area contributed by atoms with Crippen LogP contribution < -0.4 is 0 Å². The fraction of sp³-hybridized carbons (Fsp3) is 0.526. The number of aromatic nitrogens is 4. The molecule has 1 aromatic carbocycles. The third-order valence-corrected chi connectivity index (χ3v) is 5.37.